The fourth-order valence-corrected chi connectivity index (χ4v) is 1.37. The van der Waals surface area contributed by atoms with Crippen LogP contribution >= 0.6 is 0 Å². The molecule has 1 N–H and O–H groups in total. The Morgan fingerprint density at radius 3 is 2.79 bits per heavy atom. The van der Waals surface area contributed by atoms with Crippen molar-refractivity contribution in [3.05, 3.63) is 18.2 Å². The van der Waals surface area contributed by atoms with E-state index in [1.807, 2.05) is 0 Å². The molecular formula is C11H10F3NO4. The van der Waals surface area contributed by atoms with E-state index in [4.69, 9.17) is 14.2 Å². The van der Waals surface area contributed by atoms with Crippen molar-refractivity contribution in [1.82, 2.24) is 5.32 Å². The van der Waals surface area contributed by atoms with E-state index >= 15 is 0 Å². The lowest BCUT2D eigenvalue weighted by Gasteiger charge is -2.09. The Balaban J connectivity index is 1.81. The third-order valence-corrected chi connectivity index (χ3v) is 2.20. The third-order valence-electron chi connectivity index (χ3n) is 2.20. The standard InChI is InChI=1S/C11H10F3NO4/c12-11(13,14)5-15-10(16)4-17-7-1-2-8-9(3-7)19-6-18-8/h1-3H,4-6H2,(H,15,16). The summed E-state index contributed by atoms with van der Waals surface area (Å²) in [5.41, 5.74) is 0. The maximum atomic E-state index is 11.8. The predicted octanol–water partition coefficient (Wildman–Crippen LogP) is 1.47. The minimum Gasteiger partial charge on any atom is -0.484 e. The zero-order valence-corrected chi connectivity index (χ0v) is 9.62. The molecule has 0 aromatic heterocycles. The SMILES string of the molecule is O=C(COc1ccc2c(c1)OCO2)NCC(F)(F)F. The van der Waals surface area contributed by atoms with Gasteiger partial charge in [0.15, 0.2) is 18.1 Å². The average Bonchev–Trinajstić information content (AvgIpc) is 2.80. The van der Waals surface area contributed by atoms with Crippen molar-refractivity contribution in [3.63, 3.8) is 0 Å². The summed E-state index contributed by atoms with van der Waals surface area (Å²) < 4.78 is 50.7. The summed E-state index contributed by atoms with van der Waals surface area (Å²) in [6.07, 6.45) is -4.44. The van der Waals surface area contributed by atoms with Gasteiger partial charge in [-0.15, -0.1) is 0 Å². The number of benzene rings is 1. The molecule has 0 fully saturated rings. The highest BCUT2D eigenvalue weighted by atomic mass is 19.4. The van der Waals surface area contributed by atoms with Crippen LogP contribution in [0.15, 0.2) is 18.2 Å². The van der Waals surface area contributed by atoms with Crippen LogP contribution in [0, 0.1) is 0 Å². The minimum absolute atomic E-state index is 0.102. The maximum Gasteiger partial charge on any atom is 0.405 e. The summed E-state index contributed by atoms with van der Waals surface area (Å²) in [4.78, 5) is 11.1. The van der Waals surface area contributed by atoms with Crippen LogP contribution in [0.2, 0.25) is 0 Å². The van der Waals surface area contributed by atoms with Crippen molar-refractivity contribution in [3.8, 4) is 17.2 Å². The maximum absolute atomic E-state index is 11.8. The monoisotopic (exact) mass is 277 g/mol. The van der Waals surface area contributed by atoms with Crippen LogP contribution in [-0.2, 0) is 4.79 Å². The van der Waals surface area contributed by atoms with Crippen molar-refractivity contribution < 1.29 is 32.2 Å². The Kier molecular flexibility index (Phi) is 3.68. The molecule has 0 aliphatic carbocycles. The van der Waals surface area contributed by atoms with Crippen molar-refractivity contribution in [2.45, 2.75) is 6.18 Å². The summed E-state index contributed by atoms with van der Waals surface area (Å²) in [5, 5.41) is 1.70. The number of alkyl halides is 3. The van der Waals surface area contributed by atoms with Crippen molar-refractivity contribution in [2.24, 2.45) is 0 Å². The van der Waals surface area contributed by atoms with E-state index in [2.05, 4.69) is 0 Å². The molecule has 2 rings (SSSR count). The number of hydrogen-bond donors (Lipinski definition) is 1. The van der Waals surface area contributed by atoms with Gasteiger partial charge in [-0.25, -0.2) is 0 Å². The van der Waals surface area contributed by atoms with Crippen molar-refractivity contribution >= 4 is 5.91 Å². The second kappa shape index (κ2) is 5.25. The summed E-state index contributed by atoms with van der Waals surface area (Å²) in [6, 6.07) is 4.62. The second-order valence-electron chi connectivity index (χ2n) is 3.70. The molecule has 5 nitrogen and oxygen atoms in total. The molecule has 0 atom stereocenters. The number of carbonyl (C=O) groups excluding carboxylic acids is 1. The van der Waals surface area contributed by atoms with Gasteiger partial charge in [0.2, 0.25) is 6.79 Å². The number of nitrogens with one attached hydrogen (secondary N) is 1. The zero-order valence-electron chi connectivity index (χ0n) is 9.62. The van der Waals surface area contributed by atoms with E-state index < -0.39 is 25.2 Å². The number of carbonyl (C=O) groups is 1. The first-order valence-electron chi connectivity index (χ1n) is 5.30. The average molecular weight is 277 g/mol. The number of ether oxygens (including phenoxy) is 3. The molecular weight excluding hydrogens is 267 g/mol. The number of hydrogen-bond acceptors (Lipinski definition) is 4. The minimum atomic E-state index is -4.44. The van der Waals surface area contributed by atoms with Gasteiger partial charge in [-0.3, -0.25) is 4.79 Å². The molecule has 1 aromatic carbocycles. The van der Waals surface area contributed by atoms with Gasteiger partial charge >= 0.3 is 6.18 Å². The fourth-order valence-electron chi connectivity index (χ4n) is 1.37. The normalized spacial score (nSPS) is 13.2. The molecule has 104 valence electrons. The molecule has 1 aliphatic heterocycles. The smallest absolute Gasteiger partial charge is 0.405 e. The van der Waals surface area contributed by atoms with E-state index in [9.17, 15) is 18.0 Å². The molecule has 0 saturated carbocycles. The largest absolute Gasteiger partial charge is 0.484 e. The number of halogens is 3. The van der Waals surface area contributed by atoms with Crippen molar-refractivity contribution in [2.75, 3.05) is 19.9 Å². The lowest BCUT2D eigenvalue weighted by Crippen LogP contribution is -2.36. The van der Waals surface area contributed by atoms with Gasteiger partial charge in [0, 0.05) is 6.07 Å². The van der Waals surface area contributed by atoms with E-state index in [0.29, 0.717) is 17.2 Å². The zero-order chi connectivity index (χ0) is 13.9. The summed E-state index contributed by atoms with van der Waals surface area (Å²) in [7, 11) is 0. The Labute approximate surface area is 106 Å². The Hall–Kier alpha value is -2.12. The fraction of sp³-hybridized carbons (Fsp3) is 0.364. The first kappa shape index (κ1) is 13.3. The predicted molar refractivity (Wildman–Crippen MR) is 57.1 cm³/mol. The molecule has 1 heterocycles. The molecule has 0 radical (unpaired) electrons. The molecule has 0 saturated heterocycles. The van der Waals surface area contributed by atoms with Gasteiger partial charge < -0.3 is 19.5 Å². The number of fused-ring (bicyclic) bond motifs is 1. The van der Waals surface area contributed by atoms with E-state index in [1.54, 1.807) is 11.4 Å². The van der Waals surface area contributed by atoms with Crippen LogP contribution in [0.5, 0.6) is 17.2 Å². The Bertz CT molecular complexity index is 475. The van der Waals surface area contributed by atoms with E-state index in [1.165, 1.54) is 12.1 Å². The van der Waals surface area contributed by atoms with Crippen LogP contribution < -0.4 is 19.5 Å². The van der Waals surface area contributed by atoms with Gasteiger partial charge in [0.25, 0.3) is 5.91 Å². The van der Waals surface area contributed by atoms with Crippen molar-refractivity contribution in [1.29, 1.82) is 0 Å². The second-order valence-corrected chi connectivity index (χ2v) is 3.70. The molecule has 1 aliphatic rings. The molecule has 0 spiro atoms. The first-order chi connectivity index (χ1) is 8.94. The van der Waals surface area contributed by atoms with Crippen LogP contribution in [-0.4, -0.2) is 32.0 Å². The van der Waals surface area contributed by atoms with Gasteiger partial charge in [-0.1, -0.05) is 0 Å². The van der Waals surface area contributed by atoms with E-state index in [0.717, 1.165) is 0 Å². The lowest BCUT2D eigenvalue weighted by atomic mass is 10.3. The molecule has 1 aromatic rings. The summed E-state index contributed by atoms with van der Waals surface area (Å²) in [6.45, 7) is -1.78. The molecule has 1 amide bonds. The van der Waals surface area contributed by atoms with Gasteiger partial charge in [-0.05, 0) is 12.1 Å². The van der Waals surface area contributed by atoms with Crippen LogP contribution in [0.4, 0.5) is 13.2 Å². The Morgan fingerprint density at radius 2 is 2.05 bits per heavy atom. The molecule has 0 bridgehead atoms. The van der Waals surface area contributed by atoms with Gasteiger partial charge in [-0.2, -0.15) is 13.2 Å². The topological polar surface area (TPSA) is 56.8 Å². The Morgan fingerprint density at radius 1 is 1.32 bits per heavy atom. The summed E-state index contributed by atoms with van der Waals surface area (Å²) >= 11 is 0. The van der Waals surface area contributed by atoms with Crippen LogP contribution in [0.3, 0.4) is 0 Å². The quantitative estimate of drug-likeness (QED) is 0.905. The third kappa shape index (κ3) is 3.94. The number of rotatable bonds is 4. The molecule has 8 heteroatoms. The lowest BCUT2D eigenvalue weighted by molar-refractivity contribution is -0.139. The molecule has 19 heavy (non-hydrogen) atoms. The van der Waals surface area contributed by atoms with Crippen LogP contribution in [0.25, 0.3) is 0 Å². The van der Waals surface area contributed by atoms with Gasteiger partial charge in [0.1, 0.15) is 12.3 Å². The van der Waals surface area contributed by atoms with Crippen LogP contribution in [0.1, 0.15) is 0 Å². The first-order valence-corrected chi connectivity index (χ1v) is 5.30. The highest BCUT2D eigenvalue weighted by molar-refractivity contribution is 5.77. The highest BCUT2D eigenvalue weighted by Crippen LogP contribution is 2.34. The molecule has 0 unspecified atom stereocenters. The van der Waals surface area contributed by atoms with E-state index in [-0.39, 0.29) is 6.79 Å². The number of amides is 1. The van der Waals surface area contributed by atoms with Gasteiger partial charge in [0.05, 0.1) is 0 Å². The highest BCUT2D eigenvalue weighted by Gasteiger charge is 2.27. The summed E-state index contributed by atoms with van der Waals surface area (Å²) in [5.74, 6) is 0.475.